The molecule has 92 valence electrons. The van der Waals surface area contributed by atoms with Crippen molar-refractivity contribution in [3.8, 4) is 0 Å². The van der Waals surface area contributed by atoms with Gasteiger partial charge in [-0.2, -0.15) is 0 Å². The molecule has 1 heterocycles. The number of hydrogen-bond donors (Lipinski definition) is 3. The van der Waals surface area contributed by atoms with Crippen LogP contribution in [-0.2, 0) is 14.3 Å². The third kappa shape index (κ3) is 5.09. The SMILES string of the molecule is NCC(=O)NCC(=O)NCC1CCCOC1. The van der Waals surface area contributed by atoms with Gasteiger partial charge in [0.05, 0.1) is 19.7 Å². The van der Waals surface area contributed by atoms with Crippen LogP contribution in [0.5, 0.6) is 0 Å². The summed E-state index contributed by atoms with van der Waals surface area (Å²) in [6.07, 6.45) is 2.12. The Balaban J connectivity index is 2.07. The molecule has 1 rings (SSSR count). The second kappa shape index (κ2) is 7.19. The van der Waals surface area contributed by atoms with Crippen LogP contribution in [0, 0.1) is 5.92 Å². The highest BCUT2D eigenvalue weighted by molar-refractivity contribution is 5.85. The molecule has 6 heteroatoms. The fraction of sp³-hybridized carbons (Fsp3) is 0.800. The Bertz CT molecular complexity index is 239. The van der Waals surface area contributed by atoms with Gasteiger partial charge in [0.25, 0.3) is 0 Å². The van der Waals surface area contributed by atoms with Gasteiger partial charge in [0, 0.05) is 13.2 Å². The molecule has 0 aliphatic carbocycles. The van der Waals surface area contributed by atoms with Crippen molar-refractivity contribution in [2.75, 3.05) is 32.8 Å². The summed E-state index contributed by atoms with van der Waals surface area (Å²) in [5, 5.41) is 5.17. The van der Waals surface area contributed by atoms with Gasteiger partial charge in [-0.05, 0) is 18.8 Å². The van der Waals surface area contributed by atoms with Crippen molar-refractivity contribution >= 4 is 11.8 Å². The molecule has 1 saturated heterocycles. The molecule has 2 amide bonds. The molecular weight excluding hydrogens is 210 g/mol. The van der Waals surface area contributed by atoms with Gasteiger partial charge in [-0.3, -0.25) is 9.59 Å². The van der Waals surface area contributed by atoms with Gasteiger partial charge in [-0.15, -0.1) is 0 Å². The van der Waals surface area contributed by atoms with Crippen LogP contribution in [0.1, 0.15) is 12.8 Å². The van der Waals surface area contributed by atoms with E-state index in [0.717, 1.165) is 19.4 Å². The smallest absolute Gasteiger partial charge is 0.239 e. The standard InChI is InChI=1S/C10H19N3O3/c11-4-9(14)13-6-10(15)12-5-8-2-1-3-16-7-8/h8H,1-7,11H2,(H,12,15)(H,13,14). The molecule has 6 nitrogen and oxygen atoms in total. The summed E-state index contributed by atoms with van der Waals surface area (Å²) in [4.78, 5) is 22.1. The van der Waals surface area contributed by atoms with Crippen LogP contribution < -0.4 is 16.4 Å². The van der Waals surface area contributed by atoms with E-state index in [1.165, 1.54) is 0 Å². The summed E-state index contributed by atoms with van der Waals surface area (Å²) in [6, 6.07) is 0. The van der Waals surface area contributed by atoms with Crippen LogP contribution in [-0.4, -0.2) is 44.7 Å². The second-order valence-electron chi connectivity index (χ2n) is 3.87. The Morgan fingerprint density at radius 2 is 2.12 bits per heavy atom. The number of ether oxygens (including phenoxy) is 1. The molecule has 4 N–H and O–H groups in total. The molecule has 0 radical (unpaired) electrons. The van der Waals surface area contributed by atoms with Crippen LogP contribution in [0.25, 0.3) is 0 Å². The highest BCUT2D eigenvalue weighted by Gasteiger charge is 2.14. The molecule has 0 aromatic heterocycles. The molecular formula is C10H19N3O3. The van der Waals surface area contributed by atoms with Gasteiger partial charge >= 0.3 is 0 Å². The largest absolute Gasteiger partial charge is 0.381 e. The number of nitrogens with two attached hydrogens (primary N) is 1. The topological polar surface area (TPSA) is 93.5 Å². The maximum Gasteiger partial charge on any atom is 0.239 e. The summed E-state index contributed by atoms with van der Waals surface area (Å²) in [5.74, 6) is -0.119. The molecule has 0 spiro atoms. The molecule has 1 fully saturated rings. The van der Waals surface area contributed by atoms with Gasteiger partial charge in [0.15, 0.2) is 0 Å². The average molecular weight is 229 g/mol. The van der Waals surface area contributed by atoms with E-state index in [2.05, 4.69) is 10.6 Å². The van der Waals surface area contributed by atoms with Crippen LogP contribution in [0.2, 0.25) is 0 Å². The molecule has 0 aromatic carbocycles. The summed E-state index contributed by atoms with van der Waals surface area (Å²) >= 11 is 0. The predicted molar refractivity (Wildman–Crippen MR) is 58.6 cm³/mol. The van der Waals surface area contributed by atoms with Crippen molar-refractivity contribution in [1.29, 1.82) is 0 Å². The molecule has 1 aliphatic rings. The van der Waals surface area contributed by atoms with Gasteiger partial charge in [0.1, 0.15) is 0 Å². The second-order valence-corrected chi connectivity index (χ2v) is 3.87. The Labute approximate surface area is 94.9 Å². The summed E-state index contributed by atoms with van der Waals surface area (Å²) in [7, 11) is 0. The Morgan fingerprint density at radius 1 is 1.31 bits per heavy atom. The van der Waals surface area contributed by atoms with Crippen molar-refractivity contribution in [2.24, 2.45) is 11.7 Å². The number of carbonyl (C=O) groups is 2. The van der Waals surface area contributed by atoms with Crippen molar-refractivity contribution < 1.29 is 14.3 Å². The number of rotatable bonds is 5. The van der Waals surface area contributed by atoms with Crippen molar-refractivity contribution in [3.05, 3.63) is 0 Å². The third-order valence-corrected chi connectivity index (χ3v) is 2.47. The minimum absolute atomic E-state index is 0.0103. The normalized spacial score (nSPS) is 20.2. The van der Waals surface area contributed by atoms with E-state index in [4.69, 9.17) is 10.5 Å². The summed E-state index contributed by atoms with van der Waals surface area (Å²) < 4.78 is 5.29. The van der Waals surface area contributed by atoms with Crippen molar-refractivity contribution in [2.45, 2.75) is 12.8 Å². The zero-order chi connectivity index (χ0) is 11.8. The minimum Gasteiger partial charge on any atom is -0.381 e. The van der Waals surface area contributed by atoms with E-state index >= 15 is 0 Å². The lowest BCUT2D eigenvalue weighted by Crippen LogP contribution is -2.41. The van der Waals surface area contributed by atoms with Gasteiger partial charge in [0.2, 0.25) is 11.8 Å². The lowest BCUT2D eigenvalue weighted by atomic mass is 10.0. The average Bonchev–Trinajstić information content (AvgIpc) is 2.34. The number of carbonyl (C=O) groups excluding carboxylic acids is 2. The van der Waals surface area contributed by atoms with E-state index in [0.29, 0.717) is 19.1 Å². The predicted octanol–water partition coefficient (Wildman–Crippen LogP) is -1.40. The zero-order valence-corrected chi connectivity index (χ0v) is 9.33. The van der Waals surface area contributed by atoms with Gasteiger partial charge < -0.3 is 21.1 Å². The quantitative estimate of drug-likeness (QED) is 0.541. The Morgan fingerprint density at radius 3 is 2.75 bits per heavy atom. The fourth-order valence-corrected chi connectivity index (χ4v) is 1.54. The van der Waals surface area contributed by atoms with E-state index < -0.39 is 0 Å². The van der Waals surface area contributed by atoms with Crippen LogP contribution in [0.3, 0.4) is 0 Å². The number of hydrogen-bond acceptors (Lipinski definition) is 4. The molecule has 0 bridgehead atoms. The van der Waals surface area contributed by atoms with Gasteiger partial charge in [-0.25, -0.2) is 0 Å². The van der Waals surface area contributed by atoms with Crippen LogP contribution in [0.15, 0.2) is 0 Å². The highest BCUT2D eigenvalue weighted by atomic mass is 16.5. The monoisotopic (exact) mass is 229 g/mol. The highest BCUT2D eigenvalue weighted by Crippen LogP contribution is 2.11. The zero-order valence-electron chi connectivity index (χ0n) is 9.33. The molecule has 1 atom stereocenters. The minimum atomic E-state index is -0.323. The first-order valence-corrected chi connectivity index (χ1v) is 5.53. The maximum atomic E-state index is 11.3. The third-order valence-electron chi connectivity index (χ3n) is 2.47. The molecule has 0 aromatic rings. The lowest BCUT2D eigenvalue weighted by molar-refractivity contribution is -0.125. The lowest BCUT2D eigenvalue weighted by Gasteiger charge is -2.22. The fourth-order valence-electron chi connectivity index (χ4n) is 1.54. The number of amides is 2. The maximum absolute atomic E-state index is 11.3. The van der Waals surface area contributed by atoms with E-state index in [-0.39, 0.29) is 24.9 Å². The van der Waals surface area contributed by atoms with Crippen LogP contribution in [0.4, 0.5) is 0 Å². The Kier molecular flexibility index (Phi) is 5.81. The van der Waals surface area contributed by atoms with E-state index in [9.17, 15) is 9.59 Å². The first kappa shape index (κ1) is 12.9. The number of nitrogens with one attached hydrogen (secondary N) is 2. The van der Waals surface area contributed by atoms with E-state index in [1.54, 1.807) is 0 Å². The molecule has 0 saturated carbocycles. The summed E-state index contributed by atoms with van der Waals surface area (Å²) in [5.41, 5.74) is 5.09. The van der Waals surface area contributed by atoms with E-state index in [1.807, 2.05) is 0 Å². The first-order chi connectivity index (χ1) is 7.72. The summed E-state index contributed by atoms with van der Waals surface area (Å²) in [6.45, 7) is 2.02. The molecule has 1 aliphatic heterocycles. The van der Waals surface area contributed by atoms with Gasteiger partial charge in [-0.1, -0.05) is 0 Å². The van der Waals surface area contributed by atoms with Crippen molar-refractivity contribution in [1.82, 2.24) is 10.6 Å². The first-order valence-electron chi connectivity index (χ1n) is 5.53. The molecule has 16 heavy (non-hydrogen) atoms. The molecule has 1 unspecified atom stereocenters. The van der Waals surface area contributed by atoms with Crippen LogP contribution >= 0.6 is 0 Å². The Hall–Kier alpha value is -1.14. The van der Waals surface area contributed by atoms with Crippen molar-refractivity contribution in [3.63, 3.8) is 0 Å².